The molecule has 1 aliphatic heterocycles. The third kappa shape index (κ3) is 3.36. The molecule has 2 atom stereocenters. The molecule has 19 heavy (non-hydrogen) atoms. The van der Waals surface area contributed by atoms with Gasteiger partial charge in [-0.3, -0.25) is 4.79 Å². The zero-order valence-electron chi connectivity index (χ0n) is 10.1. The molecular formula is C12H14F3NO3. The van der Waals surface area contributed by atoms with Gasteiger partial charge in [0.05, 0.1) is 24.8 Å². The first kappa shape index (κ1) is 14.1. The van der Waals surface area contributed by atoms with Gasteiger partial charge in [-0.25, -0.2) is 0 Å². The lowest BCUT2D eigenvalue weighted by Crippen LogP contribution is -2.31. The van der Waals surface area contributed by atoms with Crippen molar-refractivity contribution in [1.29, 1.82) is 0 Å². The van der Waals surface area contributed by atoms with Gasteiger partial charge in [0.2, 0.25) is 0 Å². The topological polar surface area (TPSA) is 51.5 Å². The van der Waals surface area contributed by atoms with Crippen LogP contribution in [0, 0.1) is 5.92 Å². The van der Waals surface area contributed by atoms with E-state index in [0.29, 0.717) is 19.6 Å². The van der Waals surface area contributed by atoms with E-state index in [9.17, 15) is 23.1 Å². The number of aromatic nitrogens is 1. The fourth-order valence-corrected chi connectivity index (χ4v) is 2.05. The Morgan fingerprint density at radius 2 is 2.21 bits per heavy atom. The van der Waals surface area contributed by atoms with Crippen molar-refractivity contribution in [2.75, 3.05) is 13.2 Å². The largest absolute Gasteiger partial charge is 0.417 e. The summed E-state index contributed by atoms with van der Waals surface area (Å²) in [5.41, 5.74) is -1.46. The van der Waals surface area contributed by atoms with E-state index in [1.807, 2.05) is 0 Å². The molecule has 0 aromatic carbocycles. The number of aliphatic hydroxyl groups is 1. The summed E-state index contributed by atoms with van der Waals surface area (Å²) in [6.07, 6.45) is -4.00. The fraction of sp³-hybridized carbons (Fsp3) is 0.583. The first-order chi connectivity index (χ1) is 8.88. The Morgan fingerprint density at radius 3 is 2.79 bits per heavy atom. The number of hydrogen-bond donors (Lipinski definition) is 1. The highest BCUT2D eigenvalue weighted by Crippen LogP contribution is 2.28. The molecule has 1 N–H and O–H groups in total. The lowest BCUT2D eigenvalue weighted by molar-refractivity contribution is -0.138. The molecule has 2 heterocycles. The highest BCUT2D eigenvalue weighted by atomic mass is 19.4. The smallest absolute Gasteiger partial charge is 0.391 e. The van der Waals surface area contributed by atoms with Gasteiger partial charge in [-0.1, -0.05) is 0 Å². The number of nitrogens with zero attached hydrogens (tertiary/aromatic N) is 1. The van der Waals surface area contributed by atoms with Crippen molar-refractivity contribution in [3.8, 4) is 0 Å². The van der Waals surface area contributed by atoms with Crippen molar-refractivity contribution in [2.24, 2.45) is 5.92 Å². The van der Waals surface area contributed by atoms with Gasteiger partial charge >= 0.3 is 6.18 Å². The molecule has 0 radical (unpaired) electrons. The number of alkyl halides is 3. The van der Waals surface area contributed by atoms with Crippen LogP contribution in [0.2, 0.25) is 0 Å². The zero-order chi connectivity index (χ0) is 14.0. The van der Waals surface area contributed by atoms with E-state index in [4.69, 9.17) is 4.74 Å². The van der Waals surface area contributed by atoms with Crippen LogP contribution in [0.1, 0.15) is 12.0 Å². The van der Waals surface area contributed by atoms with Crippen molar-refractivity contribution >= 4 is 0 Å². The zero-order valence-corrected chi connectivity index (χ0v) is 10.1. The van der Waals surface area contributed by atoms with E-state index in [1.165, 1.54) is 0 Å². The summed E-state index contributed by atoms with van der Waals surface area (Å²) < 4.78 is 43.6. The minimum atomic E-state index is -4.50. The van der Waals surface area contributed by atoms with Crippen molar-refractivity contribution in [3.63, 3.8) is 0 Å². The first-order valence-corrected chi connectivity index (χ1v) is 5.91. The van der Waals surface area contributed by atoms with E-state index in [2.05, 4.69) is 0 Å². The minimum Gasteiger partial charge on any atom is -0.391 e. The normalized spacial score (nSPS) is 21.6. The molecule has 0 aliphatic carbocycles. The van der Waals surface area contributed by atoms with Gasteiger partial charge in [0.15, 0.2) is 0 Å². The van der Waals surface area contributed by atoms with Crippen LogP contribution in [-0.4, -0.2) is 29.0 Å². The van der Waals surface area contributed by atoms with Crippen molar-refractivity contribution < 1.29 is 23.0 Å². The number of rotatable bonds is 3. The van der Waals surface area contributed by atoms with Crippen LogP contribution in [0.3, 0.4) is 0 Å². The van der Waals surface area contributed by atoms with Crippen LogP contribution in [0.15, 0.2) is 23.1 Å². The summed E-state index contributed by atoms with van der Waals surface area (Å²) in [6, 6.07) is 1.60. The average Bonchev–Trinajstić information content (AvgIpc) is 2.84. The predicted molar refractivity (Wildman–Crippen MR) is 60.6 cm³/mol. The van der Waals surface area contributed by atoms with Gasteiger partial charge < -0.3 is 14.4 Å². The summed E-state index contributed by atoms with van der Waals surface area (Å²) in [7, 11) is 0. The SMILES string of the molecule is O=c1ccc(C(F)(F)F)cn1CC(O)C1CCOC1. The third-order valence-electron chi connectivity index (χ3n) is 3.20. The first-order valence-electron chi connectivity index (χ1n) is 5.91. The summed E-state index contributed by atoms with van der Waals surface area (Å²) in [6.45, 7) is 0.741. The standard InChI is InChI=1S/C12H14F3NO3/c13-12(14,15)9-1-2-11(18)16(5-9)6-10(17)8-3-4-19-7-8/h1-2,5,8,10,17H,3-4,6-7H2. The van der Waals surface area contributed by atoms with Crippen LogP contribution in [0.4, 0.5) is 13.2 Å². The second-order valence-corrected chi connectivity index (χ2v) is 4.60. The highest BCUT2D eigenvalue weighted by molar-refractivity contribution is 5.13. The van der Waals surface area contributed by atoms with E-state index in [-0.39, 0.29) is 12.5 Å². The van der Waals surface area contributed by atoms with Gasteiger partial charge in [-0.15, -0.1) is 0 Å². The number of pyridine rings is 1. The van der Waals surface area contributed by atoms with Crippen LogP contribution < -0.4 is 5.56 Å². The Hall–Kier alpha value is -1.34. The molecule has 106 valence electrons. The van der Waals surface area contributed by atoms with Gasteiger partial charge in [0, 0.05) is 24.8 Å². The van der Waals surface area contributed by atoms with E-state index in [0.717, 1.165) is 22.9 Å². The lowest BCUT2D eigenvalue weighted by atomic mass is 10.0. The summed E-state index contributed by atoms with van der Waals surface area (Å²) in [4.78, 5) is 11.5. The molecule has 0 amide bonds. The van der Waals surface area contributed by atoms with Crippen molar-refractivity contribution in [2.45, 2.75) is 25.2 Å². The molecule has 1 aliphatic rings. The summed E-state index contributed by atoms with van der Waals surface area (Å²) in [5.74, 6) is -0.138. The second kappa shape index (κ2) is 5.34. The number of ether oxygens (including phenoxy) is 1. The third-order valence-corrected chi connectivity index (χ3v) is 3.20. The maximum Gasteiger partial charge on any atom is 0.417 e. The van der Waals surface area contributed by atoms with E-state index < -0.39 is 23.4 Å². The van der Waals surface area contributed by atoms with Crippen LogP contribution in [0.25, 0.3) is 0 Å². The van der Waals surface area contributed by atoms with Crippen molar-refractivity contribution in [1.82, 2.24) is 4.57 Å². The molecule has 2 unspecified atom stereocenters. The molecular weight excluding hydrogens is 263 g/mol. The Kier molecular flexibility index (Phi) is 3.96. The molecule has 2 rings (SSSR count). The van der Waals surface area contributed by atoms with Gasteiger partial charge in [-0.2, -0.15) is 13.2 Å². The molecule has 1 aromatic heterocycles. The van der Waals surface area contributed by atoms with E-state index in [1.54, 1.807) is 0 Å². The number of halogens is 3. The van der Waals surface area contributed by atoms with Crippen molar-refractivity contribution in [3.05, 3.63) is 34.2 Å². The molecule has 0 bridgehead atoms. The quantitative estimate of drug-likeness (QED) is 0.905. The molecule has 0 saturated carbocycles. The maximum absolute atomic E-state index is 12.5. The second-order valence-electron chi connectivity index (χ2n) is 4.60. The Morgan fingerprint density at radius 1 is 1.47 bits per heavy atom. The predicted octanol–water partition coefficient (Wildman–Crippen LogP) is 1.26. The Labute approximate surface area is 107 Å². The maximum atomic E-state index is 12.5. The monoisotopic (exact) mass is 277 g/mol. The Bertz CT molecular complexity index is 492. The minimum absolute atomic E-state index is 0.138. The molecule has 1 aromatic rings. The Balaban J connectivity index is 2.17. The molecule has 0 spiro atoms. The molecule has 7 heteroatoms. The van der Waals surface area contributed by atoms with E-state index >= 15 is 0 Å². The highest BCUT2D eigenvalue weighted by Gasteiger charge is 2.31. The molecule has 1 saturated heterocycles. The number of aliphatic hydroxyl groups excluding tert-OH is 1. The van der Waals surface area contributed by atoms with Crippen LogP contribution in [-0.2, 0) is 17.5 Å². The molecule has 1 fully saturated rings. The van der Waals surface area contributed by atoms with Crippen LogP contribution >= 0.6 is 0 Å². The van der Waals surface area contributed by atoms with Crippen LogP contribution in [0.5, 0.6) is 0 Å². The lowest BCUT2D eigenvalue weighted by Gasteiger charge is -2.18. The average molecular weight is 277 g/mol. The van der Waals surface area contributed by atoms with Gasteiger partial charge in [0.25, 0.3) is 5.56 Å². The number of hydrogen-bond acceptors (Lipinski definition) is 3. The van der Waals surface area contributed by atoms with Gasteiger partial charge in [0.1, 0.15) is 0 Å². The fourth-order valence-electron chi connectivity index (χ4n) is 2.05. The molecule has 4 nitrogen and oxygen atoms in total. The summed E-state index contributed by atoms with van der Waals surface area (Å²) in [5, 5.41) is 9.90. The van der Waals surface area contributed by atoms with Gasteiger partial charge in [-0.05, 0) is 12.5 Å². The summed E-state index contributed by atoms with van der Waals surface area (Å²) >= 11 is 0.